The smallest absolute Gasteiger partial charge is 0.226 e. The molecule has 1 aliphatic heterocycles. The molecule has 0 bridgehead atoms. The van der Waals surface area contributed by atoms with Gasteiger partial charge in [0.15, 0.2) is 0 Å². The van der Waals surface area contributed by atoms with Gasteiger partial charge in [0.2, 0.25) is 15.9 Å². The average molecular weight is 435 g/mol. The maximum Gasteiger partial charge on any atom is 0.226 e. The number of carbonyl (C=O) groups excluding carboxylic acids is 1. The van der Waals surface area contributed by atoms with Gasteiger partial charge in [0, 0.05) is 24.5 Å². The van der Waals surface area contributed by atoms with Crippen LogP contribution in [0.2, 0.25) is 0 Å². The Labute approximate surface area is 175 Å². The first-order valence-corrected chi connectivity index (χ1v) is 11.9. The molecule has 4 atom stereocenters. The predicted molar refractivity (Wildman–Crippen MR) is 110 cm³/mol. The zero-order valence-corrected chi connectivity index (χ0v) is 17.6. The SMILES string of the molecule is C[C@@H]1[C@@H](NS(C)(=O)=O)CCN1C(=O)[C@@H]1C[C@H]1c1ccccc1-c1c(F)cccc1F. The molecule has 0 unspecified atom stereocenters. The average Bonchev–Trinajstić information content (AvgIpc) is 3.39. The van der Waals surface area contributed by atoms with Crippen molar-refractivity contribution in [1.29, 1.82) is 0 Å². The van der Waals surface area contributed by atoms with E-state index >= 15 is 0 Å². The Morgan fingerprint density at radius 2 is 1.77 bits per heavy atom. The van der Waals surface area contributed by atoms with E-state index in [1.165, 1.54) is 18.2 Å². The summed E-state index contributed by atoms with van der Waals surface area (Å²) in [6.45, 7) is 2.33. The summed E-state index contributed by atoms with van der Waals surface area (Å²) in [5.41, 5.74) is 1.16. The van der Waals surface area contributed by atoms with E-state index in [1.807, 2.05) is 19.1 Å². The quantitative estimate of drug-likeness (QED) is 0.786. The number of hydrogen-bond donors (Lipinski definition) is 1. The molecular weight excluding hydrogens is 410 g/mol. The Bertz CT molecular complexity index is 1070. The molecule has 4 rings (SSSR count). The lowest BCUT2D eigenvalue weighted by Crippen LogP contribution is -2.45. The standard InChI is InChI=1S/C22H24F2N2O3S/c1-13-20(25-30(2,28)29)10-11-26(13)22(27)17-12-16(17)14-6-3-4-7-15(14)21-18(23)8-5-9-19(21)24/h3-9,13,16-17,20,25H,10-12H2,1-2H3/t13-,16+,17-,20+/m1/s1. The predicted octanol–water partition coefficient (Wildman–Crippen LogP) is 3.27. The van der Waals surface area contributed by atoms with Crippen molar-refractivity contribution in [3.63, 3.8) is 0 Å². The second-order valence-corrected chi connectivity index (χ2v) is 9.97. The summed E-state index contributed by atoms with van der Waals surface area (Å²) in [7, 11) is -3.35. The van der Waals surface area contributed by atoms with Gasteiger partial charge in [0.05, 0.1) is 11.8 Å². The fourth-order valence-corrected chi connectivity index (χ4v) is 5.38. The first-order valence-electron chi connectivity index (χ1n) is 9.98. The molecule has 8 heteroatoms. The van der Waals surface area contributed by atoms with Crippen molar-refractivity contribution < 1.29 is 22.0 Å². The minimum Gasteiger partial charge on any atom is -0.338 e. The van der Waals surface area contributed by atoms with Gasteiger partial charge in [-0.3, -0.25) is 4.79 Å². The monoisotopic (exact) mass is 434 g/mol. The molecule has 0 aromatic heterocycles. The van der Waals surface area contributed by atoms with Crippen molar-refractivity contribution in [2.45, 2.75) is 37.8 Å². The van der Waals surface area contributed by atoms with Crippen molar-refractivity contribution in [3.8, 4) is 11.1 Å². The van der Waals surface area contributed by atoms with E-state index in [-0.39, 0.29) is 35.4 Å². The topological polar surface area (TPSA) is 66.5 Å². The number of rotatable bonds is 5. The molecule has 1 aliphatic carbocycles. The van der Waals surface area contributed by atoms with Crippen LogP contribution in [0.25, 0.3) is 11.1 Å². The van der Waals surface area contributed by atoms with Gasteiger partial charge >= 0.3 is 0 Å². The summed E-state index contributed by atoms with van der Waals surface area (Å²) in [6.07, 6.45) is 2.29. The Hall–Kier alpha value is -2.32. The van der Waals surface area contributed by atoms with Crippen LogP contribution in [0.15, 0.2) is 42.5 Å². The van der Waals surface area contributed by atoms with Gasteiger partial charge in [-0.05, 0) is 48.9 Å². The van der Waals surface area contributed by atoms with Crippen LogP contribution < -0.4 is 4.72 Å². The highest BCUT2D eigenvalue weighted by atomic mass is 32.2. The number of hydrogen-bond acceptors (Lipinski definition) is 3. The fourth-order valence-electron chi connectivity index (χ4n) is 4.51. The molecule has 2 aromatic rings. The van der Waals surface area contributed by atoms with Gasteiger partial charge < -0.3 is 4.90 Å². The molecule has 1 N–H and O–H groups in total. The maximum absolute atomic E-state index is 14.4. The van der Waals surface area contributed by atoms with Gasteiger partial charge in [-0.1, -0.05) is 30.3 Å². The molecule has 30 heavy (non-hydrogen) atoms. The number of benzene rings is 2. The molecule has 1 heterocycles. The normalized spacial score (nSPS) is 26.1. The molecular formula is C22H24F2N2O3S. The summed E-state index contributed by atoms with van der Waals surface area (Å²) < 4.78 is 54.4. The molecule has 1 saturated heterocycles. The van der Waals surface area contributed by atoms with Gasteiger partial charge in [-0.2, -0.15) is 0 Å². The van der Waals surface area contributed by atoms with Gasteiger partial charge in [0.25, 0.3) is 0 Å². The molecule has 0 spiro atoms. The highest BCUT2D eigenvalue weighted by Gasteiger charge is 2.49. The number of carbonyl (C=O) groups is 1. The van der Waals surface area contributed by atoms with Crippen LogP contribution in [0.5, 0.6) is 0 Å². The first-order chi connectivity index (χ1) is 14.2. The van der Waals surface area contributed by atoms with E-state index in [1.54, 1.807) is 17.0 Å². The number of halogens is 2. The third-order valence-electron chi connectivity index (χ3n) is 6.10. The fraction of sp³-hybridized carbons (Fsp3) is 0.409. The number of amides is 1. The van der Waals surface area contributed by atoms with E-state index in [4.69, 9.17) is 0 Å². The lowest BCUT2D eigenvalue weighted by Gasteiger charge is -2.25. The van der Waals surface area contributed by atoms with E-state index in [0.717, 1.165) is 11.8 Å². The van der Waals surface area contributed by atoms with Gasteiger partial charge in [0.1, 0.15) is 11.6 Å². The third kappa shape index (κ3) is 3.98. The Morgan fingerprint density at radius 3 is 2.43 bits per heavy atom. The Morgan fingerprint density at radius 1 is 1.10 bits per heavy atom. The molecule has 1 saturated carbocycles. The second-order valence-electron chi connectivity index (χ2n) is 8.19. The summed E-state index contributed by atoms with van der Waals surface area (Å²) in [4.78, 5) is 14.8. The number of nitrogens with zero attached hydrogens (tertiary/aromatic N) is 1. The number of likely N-dealkylation sites (tertiary alicyclic amines) is 1. The molecule has 2 aliphatic rings. The molecule has 1 amide bonds. The van der Waals surface area contributed by atoms with Gasteiger partial charge in [-0.25, -0.2) is 21.9 Å². The summed E-state index contributed by atoms with van der Waals surface area (Å²) in [5.74, 6) is -1.67. The second kappa shape index (κ2) is 7.74. The van der Waals surface area contributed by atoms with Crippen molar-refractivity contribution in [2.75, 3.05) is 12.8 Å². The van der Waals surface area contributed by atoms with Crippen LogP contribution >= 0.6 is 0 Å². The van der Waals surface area contributed by atoms with Crippen LogP contribution in [0.1, 0.15) is 31.2 Å². The van der Waals surface area contributed by atoms with Gasteiger partial charge in [-0.15, -0.1) is 0 Å². The Balaban J connectivity index is 1.54. The zero-order chi connectivity index (χ0) is 21.6. The van der Waals surface area contributed by atoms with Crippen LogP contribution in [-0.2, 0) is 14.8 Å². The summed E-state index contributed by atoms with van der Waals surface area (Å²) >= 11 is 0. The van der Waals surface area contributed by atoms with Crippen molar-refractivity contribution >= 4 is 15.9 Å². The number of sulfonamides is 1. The van der Waals surface area contributed by atoms with Crippen LogP contribution in [0.4, 0.5) is 8.78 Å². The van der Waals surface area contributed by atoms with E-state index in [0.29, 0.717) is 24.9 Å². The molecule has 160 valence electrons. The summed E-state index contributed by atoms with van der Waals surface area (Å²) in [6, 6.07) is 10.3. The first kappa shape index (κ1) is 20.9. The minimum atomic E-state index is -3.35. The van der Waals surface area contributed by atoms with E-state index in [2.05, 4.69) is 4.72 Å². The molecule has 2 aromatic carbocycles. The Kier molecular flexibility index (Phi) is 5.40. The zero-order valence-electron chi connectivity index (χ0n) is 16.8. The lowest BCUT2D eigenvalue weighted by atomic mass is 9.95. The minimum absolute atomic E-state index is 0.0332. The molecule has 2 fully saturated rings. The van der Waals surface area contributed by atoms with Crippen LogP contribution in [0.3, 0.4) is 0 Å². The largest absolute Gasteiger partial charge is 0.338 e. The van der Waals surface area contributed by atoms with Crippen molar-refractivity contribution in [2.24, 2.45) is 5.92 Å². The van der Waals surface area contributed by atoms with Crippen LogP contribution in [0, 0.1) is 17.6 Å². The van der Waals surface area contributed by atoms with Crippen LogP contribution in [-0.4, -0.2) is 44.1 Å². The molecule has 5 nitrogen and oxygen atoms in total. The summed E-state index contributed by atoms with van der Waals surface area (Å²) in [5, 5.41) is 0. The third-order valence-corrected chi connectivity index (χ3v) is 6.83. The van der Waals surface area contributed by atoms with E-state index in [9.17, 15) is 22.0 Å². The highest BCUT2D eigenvalue weighted by Crippen LogP contribution is 2.52. The lowest BCUT2D eigenvalue weighted by molar-refractivity contribution is -0.133. The van der Waals surface area contributed by atoms with Crippen molar-refractivity contribution in [1.82, 2.24) is 9.62 Å². The van der Waals surface area contributed by atoms with E-state index < -0.39 is 21.7 Å². The van der Waals surface area contributed by atoms with Crippen molar-refractivity contribution in [3.05, 3.63) is 59.7 Å². The molecule has 0 radical (unpaired) electrons. The highest BCUT2D eigenvalue weighted by molar-refractivity contribution is 7.88. The maximum atomic E-state index is 14.4. The number of nitrogens with one attached hydrogen (secondary N) is 1.